The molecule has 0 aliphatic rings. The standard InChI is InChI=1S/C19H25N5O/c1-6-15(13-7-9-14(25-5)10-8-13)20-16-11-12-17-21-22-18(19(2,3)4)24(17)23-16/h7-12,15H,6H2,1-5H3,(H,20,23). The van der Waals surface area contributed by atoms with Crippen molar-refractivity contribution >= 4 is 11.5 Å². The molecule has 0 saturated heterocycles. The lowest BCUT2D eigenvalue weighted by Gasteiger charge is -2.19. The molecule has 0 saturated carbocycles. The van der Waals surface area contributed by atoms with Crippen LogP contribution in [0.15, 0.2) is 36.4 Å². The number of ether oxygens (including phenoxy) is 1. The first-order chi connectivity index (χ1) is 11.9. The smallest absolute Gasteiger partial charge is 0.178 e. The van der Waals surface area contributed by atoms with Crippen LogP contribution in [0.5, 0.6) is 5.75 Å². The Balaban J connectivity index is 1.89. The van der Waals surface area contributed by atoms with Crippen LogP contribution >= 0.6 is 0 Å². The first-order valence-electron chi connectivity index (χ1n) is 8.56. The number of nitrogens with zero attached hydrogens (tertiary/aromatic N) is 4. The fourth-order valence-electron chi connectivity index (χ4n) is 2.77. The molecule has 1 atom stereocenters. The lowest BCUT2D eigenvalue weighted by atomic mass is 9.96. The molecule has 3 aromatic rings. The fourth-order valence-corrected chi connectivity index (χ4v) is 2.77. The van der Waals surface area contributed by atoms with E-state index in [0.717, 1.165) is 29.5 Å². The predicted octanol–water partition coefficient (Wildman–Crippen LogP) is 3.99. The van der Waals surface area contributed by atoms with Gasteiger partial charge in [-0.25, -0.2) is 0 Å². The Morgan fingerprint density at radius 1 is 1.08 bits per heavy atom. The number of hydrogen-bond acceptors (Lipinski definition) is 5. The zero-order valence-corrected chi connectivity index (χ0v) is 15.4. The molecule has 2 aromatic heterocycles. The molecule has 1 aromatic carbocycles. The highest BCUT2D eigenvalue weighted by atomic mass is 16.5. The van der Waals surface area contributed by atoms with Crippen molar-refractivity contribution in [3.63, 3.8) is 0 Å². The number of rotatable bonds is 5. The molecule has 0 amide bonds. The second-order valence-electron chi connectivity index (χ2n) is 7.14. The Labute approximate surface area is 148 Å². The number of aromatic nitrogens is 4. The molecule has 0 aliphatic carbocycles. The largest absolute Gasteiger partial charge is 0.497 e. The van der Waals surface area contributed by atoms with Gasteiger partial charge in [-0.05, 0) is 36.2 Å². The van der Waals surface area contributed by atoms with Gasteiger partial charge < -0.3 is 10.1 Å². The zero-order chi connectivity index (χ0) is 18.0. The lowest BCUT2D eigenvalue weighted by Crippen LogP contribution is -2.18. The van der Waals surface area contributed by atoms with E-state index >= 15 is 0 Å². The second-order valence-corrected chi connectivity index (χ2v) is 7.14. The molecule has 0 bridgehead atoms. The molecule has 0 spiro atoms. The minimum Gasteiger partial charge on any atom is -0.497 e. The molecule has 0 aliphatic heterocycles. The van der Waals surface area contributed by atoms with Crippen LogP contribution < -0.4 is 10.1 Å². The van der Waals surface area contributed by atoms with Crippen LogP contribution in [0.1, 0.15) is 51.5 Å². The molecule has 1 N–H and O–H groups in total. The topological polar surface area (TPSA) is 64.3 Å². The van der Waals surface area contributed by atoms with Crippen molar-refractivity contribution in [1.29, 1.82) is 0 Å². The molecule has 0 fully saturated rings. The van der Waals surface area contributed by atoms with Crippen LogP contribution in [0.3, 0.4) is 0 Å². The van der Waals surface area contributed by atoms with Crippen molar-refractivity contribution in [2.24, 2.45) is 0 Å². The van der Waals surface area contributed by atoms with E-state index < -0.39 is 0 Å². The predicted molar refractivity (Wildman–Crippen MR) is 99.1 cm³/mol. The molecule has 6 nitrogen and oxygen atoms in total. The highest BCUT2D eigenvalue weighted by Crippen LogP contribution is 2.25. The van der Waals surface area contributed by atoms with Gasteiger partial charge in [0, 0.05) is 5.41 Å². The van der Waals surface area contributed by atoms with Crippen LogP contribution in [-0.4, -0.2) is 26.9 Å². The van der Waals surface area contributed by atoms with Gasteiger partial charge in [-0.3, -0.25) is 0 Å². The molecule has 1 unspecified atom stereocenters. The maximum Gasteiger partial charge on any atom is 0.178 e. The Kier molecular flexibility index (Phi) is 4.61. The maximum atomic E-state index is 5.24. The molecule has 3 rings (SSSR count). The SMILES string of the molecule is CCC(Nc1ccc2nnc(C(C)(C)C)n2n1)c1ccc(OC)cc1. The number of fused-ring (bicyclic) bond motifs is 1. The number of nitrogens with one attached hydrogen (secondary N) is 1. The third-order valence-corrected chi connectivity index (χ3v) is 4.18. The first-order valence-corrected chi connectivity index (χ1v) is 8.56. The van der Waals surface area contributed by atoms with E-state index in [9.17, 15) is 0 Å². The van der Waals surface area contributed by atoms with Crippen LogP contribution in [0.25, 0.3) is 5.65 Å². The Morgan fingerprint density at radius 3 is 2.40 bits per heavy atom. The van der Waals surface area contributed by atoms with Crippen LogP contribution in [0, 0.1) is 0 Å². The monoisotopic (exact) mass is 339 g/mol. The van der Waals surface area contributed by atoms with Crippen molar-refractivity contribution in [3.05, 3.63) is 47.8 Å². The summed E-state index contributed by atoms with van der Waals surface area (Å²) in [4.78, 5) is 0. The minimum atomic E-state index is -0.120. The summed E-state index contributed by atoms with van der Waals surface area (Å²) in [7, 11) is 1.68. The van der Waals surface area contributed by atoms with E-state index in [1.54, 1.807) is 7.11 Å². The summed E-state index contributed by atoms with van der Waals surface area (Å²) >= 11 is 0. The van der Waals surface area contributed by atoms with Crippen LogP contribution in [-0.2, 0) is 5.41 Å². The van der Waals surface area contributed by atoms with Crippen molar-refractivity contribution in [2.75, 3.05) is 12.4 Å². The van der Waals surface area contributed by atoms with E-state index in [1.807, 2.05) is 28.8 Å². The minimum absolute atomic E-state index is 0.120. The molecule has 132 valence electrons. The molecular formula is C19H25N5O. The molecule has 6 heteroatoms. The van der Waals surface area contributed by atoms with Crippen molar-refractivity contribution < 1.29 is 4.74 Å². The van der Waals surface area contributed by atoms with Gasteiger partial charge >= 0.3 is 0 Å². The Morgan fingerprint density at radius 2 is 1.80 bits per heavy atom. The van der Waals surface area contributed by atoms with Crippen molar-refractivity contribution in [1.82, 2.24) is 19.8 Å². The molecule has 0 radical (unpaired) electrons. The zero-order valence-electron chi connectivity index (χ0n) is 15.4. The van der Waals surface area contributed by atoms with E-state index in [2.05, 4.69) is 55.3 Å². The van der Waals surface area contributed by atoms with E-state index in [4.69, 9.17) is 9.84 Å². The average molecular weight is 339 g/mol. The van der Waals surface area contributed by atoms with E-state index in [1.165, 1.54) is 5.56 Å². The number of benzene rings is 1. The third kappa shape index (κ3) is 3.57. The quantitative estimate of drug-likeness (QED) is 0.761. The van der Waals surface area contributed by atoms with E-state index in [-0.39, 0.29) is 11.5 Å². The van der Waals surface area contributed by atoms with Gasteiger partial charge in [0.15, 0.2) is 11.5 Å². The summed E-state index contributed by atoms with van der Waals surface area (Å²) in [5, 5.41) is 16.7. The fraction of sp³-hybridized carbons (Fsp3) is 0.421. The molecular weight excluding hydrogens is 314 g/mol. The van der Waals surface area contributed by atoms with Crippen LogP contribution in [0.4, 0.5) is 5.82 Å². The van der Waals surface area contributed by atoms with Gasteiger partial charge in [-0.1, -0.05) is 39.8 Å². The van der Waals surface area contributed by atoms with Crippen molar-refractivity contribution in [3.8, 4) is 5.75 Å². The summed E-state index contributed by atoms with van der Waals surface area (Å²) in [6.07, 6.45) is 0.945. The van der Waals surface area contributed by atoms with Gasteiger partial charge in [0.25, 0.3) is 0 Å². The second kappa shape index (κ2) is 6.70. The summed E-state index contributed by atoms with van der Waals surface area (Å²) in [5.74, 6) is 2.52. The van der Waals surface area contributed by atoms with Gasteiger partial charge in [-0.15, -0.1) is 15.3 Å². The number of methoxy groups -OCH3 is 1. The van der Waals surface area contributed by atoms with Gasteiger partial charge in [0.1, 0.15) is 11.6 Å². The summed E-state index contributed by atoms with van der Waals surface area (Å²) in [6.45, 7) is 8.48. The van der Waals surface area contributed by atoms with Gasteiger partial charge in [0.2, 0.25) is 0 Å². The Hall–Kier alpha value is -2.63. The first kappa shape index (κ1) is 17.2. The lowest BCUT2D eigenvalue weighted by molar-refractivity contribution is 0.414. The maximum absolute atomic E-state index is 5.24. The molecule has 2 heterocycles. The third-order valence-electron chi connectivity index (χ3n) is 4.18. The van der Waals surface area contributed by atoms with Gasteiger partial charge in [0.05, 0.1) is 13.2 Å². The number of hydrogen-bond donors (Lipinski definition) is 1. The average Bonchev–Trinajstić information content (AvgIpc) is 3.03. The normalized spacial score (nSPS) is 13.0. The van der Waals surface area contributed by atoms with Crippen LogP contribution in [0.2, 0.25) is 0 Å². The van der Waals surface area contributed by atoms with E-state index in [0.29, 0.717) is 0 Å². The van der Waals surface area contributed by atoms with Gasteiger partial charge in [-0.2, -0.15) is 4.52 Å². The number of anilines is 1. The summed E-state index contributed by atoms with van der Waals surface area (Å²) in [6, 6.07) is 12.2. The summed E-state index contributed by atoms with van der Waals surface area (Å²) < 4.78 is 7.06. The highest BCUT2D eigenvalue weighted by Gasteiger charge is 2.22. The van der Waals surface area contributed by atoms with Crippen molar-refractivity contribution in [2.45, 2.75) is 45.6 Å². The summed E-state index contributed by atoms with van der Waals surface area (Å²) in [5.41, 5.74) is 1.84. The highest BCUT2D eigenvalue weighted by molar-refractivity contribution is 5.46. The Bertz CT molecular complexity index is 848. The molecule has 25 heavy (non-hydrogen) atoms.